The Hall–Kier alpha value is -4.33. The number of hydrogen-bond donors (Lipinski definition) is 1. The summed E-state index contributed by atoms with van der Waals surface area (Å²) in [6.45, 7) is 0. The summed E-state index contributed by atoms with van der Waals surface area (Å²) in [6.07, 6.45) is 5.23. The summed E-state index contributed by atoms with van der Waals surface area (Å²) in [6, 6.07) is 17.6. The summed E-state index contributed by atoms with van der Waals surface area (Å²) in [4.78, 5) is 20.9. The molecular weight excluding hydrogens is 396 g/mol. The zero-order chi connectivity index (χ0) is 21.6. The van der Waals surface area contributed by atoms with Crippen LogP contribution in [-0.4, -0.2) is 34.7 Å². The third kappa shape index (κ3) is 4.64. The van der Waals surface area contributed by atoms with Gasteiger partial charge in [0.15, 0.2) is 11.5 Å². The lowest BCUT2D eigenvalue weighted by molar-refractivity contribution is 0.102. The Balaban J connectivity index is 1.43. The Morgan fingerprint density at radius 2 is 1.65 bits per heavy atom. The highest BCUT2D eigenvalue weighted by molar-refractivity contribution is 6.04. The molecule has 0 spiro atoms. The lowest BCUT2D eigenvalue weighted by Gasteiger charge is -2.11. The second-order valence-corrected chi connectivity index (χ2v) is 6.46. The first-order valence-electron chi connectivity index (χ1n) is 9.43. The fourth-order valence-electron chi connectivity index (χ4n) is 2.92. The molecule has 0 aliphatic heterocycles. The number of ether oxygens (including phenoxy) is 3. The van der Waals surface area contributed by atoms with Gasteiger partial charge in [0.05, 0.1) is 14.2 Å². The van der Waals surface area contributed by atoms with Gasteiger partial charge in [-0.25, -0.2) is 9.97 Å². The number of methoxy groups -OCH3 is 2. The van der Waals surface area contributed by atoms with Crippen LogP contribution in [0.1, 0.15) is 10.4 Å². The molecule has 0 saturated carbocycles. The number of carbonyl (C=O) groups excluding carboxylic acids is 1. The van der Waals surface area contributed by atoms with Gasteiger partial charge in [-0.05, 0) is 54.6 Å². The lowest BCUT2D eigenvalue weighted by atomic mass is 10.2. The molecule has 1 amide bonds. The summed E-state index contributed by atoms with van der Waals surface area (Å²) in [5.74, 6) is 2.49. The van der Waals surface area contributed by atoms with Crippen LogP contribution in [0.15, 0.2) is 79.4 Å². The molecule has 4 aromatic rings. The maximum atomic E-state index is 12.5. The highest BCUT2D eigenvalue weighted by Crippen LogP contribution is 2.28. The minimum atomic E-state index is -0.262. The van der Waals surface area contributed by atoms with E-state index in [1.54, 1.807) is 55.6 Å². The van der Waals surface area contributed by atoms with Crippen molar-refractivity contribution in [3.8, 4) is 28.9 Å². The third-order valence-corrected chi connectivity index (χ3v) is 4.48. The SMILES string of the molecule is COc1ccc(C(=O)Nc2ccc(Oc3cc(-n4cccc4)ncn3)cc2)cc1OC. The molecule has 4 rings (SSSR count). The number of hydrogen-bond acceptors (Lipinski definition) is 6. The molecule has 8 nitrogen and oxygen atoms in total. The molecule has 0 aliphatic rings. The van der Waals surface area contributed by atoms with Crippen LogP contribution in [0.3, 0.4) is 0 Å². The van der Waals surface area contributed by atoms with Crippen molar-refractivity contribution in [3.05, 3.63) is 84.9 Å². The van der Waals surface area contributed by atoms with E-state index in [9.17, 15) is 4.79 Å². The number of rotatable bonds is 7. The smallest absolute Gasteiger partial charge is 0.255 e. The number of nitrogens with one attached hydrogen (secondary N) is 1. The van der Waals surface area contributed by atoms with Gasteiger partial charge in [-0.1, -0.05) is 0 Å². The molecule has 0 atom stereocenters. The Morgan fingerprint density at radius 1 is 0.903 bits per heavy atom. The molecule has 8 heteroatoms. The molecule has 156 valence electrons. The number of nitrogens with zero attached hydrogens (tertiary/aromatic N) is 3. The highest BCUT2D eigenvalue weighted by atomic mass is 16.5. The van der Waals surface area contributed by atoms with Gasteiger partial charge in [0.25, 0.3) is 5.91 Å². The van der Waals surface area contributed by atoms with E-state index >= 15 is 0 Å². The van der Waals surface area contributed by atoms with Crippen LogP contribution < -0.4 is 19.5 Å². The molecule has 0 fully saturated rings. The predicted octanol–water partition coefficient (Wildman–Crippen LogP) is 4.33. The third-order valence-electron chi connectivity index (χ3n) is 4.48. The van der Waals surface area contributed by atoms with Crippen molar-refractivity contribution in [1.82, 2.24) is 14.5 Å². The molecule has 0 unspecified atom stereocenters. The number of amides is 1. The van der Waals surface area contributed by atoms with Crippen LogP contribution in [0.4, 0.5) is 5.69 Å². The van der Waals surface area contributed by atoms with E-state index in [1.165, 1.54) is 13.4 Å². The minimum Gasteiger partial charge on any atom is -0.493 e. The van der Waals surface area contributed by atoms with Gasteiger partial charge in [0.2, 0.25) is 5.88 Å². The molecule has 2 heterocycles. The van der Waals surface area contributed by atoms with Gasteiger partial charge in [-0.3, -0.25) is 4.79 Å². The first-order chi connectivity index (χ1) is 15.2. The molecule has 0 radical (unpaired) electrons. The van der Waals surface area contributed by atoms with Gasteiger partial charge in [0.1, 0.15) is 17.9 Å². The summed E-state index contributed by atoms with van der Waals surface area (Å²) in [5, 5.41) is 2.85. The average Bonchev–Trinajstić information content (AvgIpc) is 3.35. The standard InChI is InChI=1S/C23H20N4O4/c1-29-19-10-5-16(13-20(19)30-2)23(28)26-17-6-8-18(9-7-17)31-22-14-21(24-15-25-22)27-11-3-4-12-27/h3-15H,1-2H3,(H,26,28). The molecule has 31 heavy (non-hydrogen) atoms. The van der Waals surface area contributed by atoms with Crippen molar-refractivity contribution in [2.24, 2.45) is 0 Å². The first kappa shape index (κ1) is 20.0. The Morgan fingerprint density at radius 3 is 2.35 bits per heavy atom. The van der Waals surface area contributed by atoms with E-state index in [1.807, 2.05) is 29.1 Å². The molecule has 2 aromatic heterocycles. The number of aromatic nitrogens is 3. The van der Waals surface area contributed by atoms with Crippen molar-refractivity contribution >= 4 is 11.6 Å². The van der Waals surface area contributed by atoms with Gasteiger partial charge in [-0.2, -0.15) is 0 Å². The Bertz CT molecular complexity index is 1170. The van der Waals surface area contributed by atoms with Gasteiger partial charge in [0, 0.05) is 29.7 Å². The van der Waals surface area contributed by atoms with Crippen molar-refractivity contribution in [2.45, 2.75) is 0 Å². The van der Waals surface area contributed by atoms with Crippen LogP contribution in [0.2, 0.25) is 0 Å². The minimum absolute atomic E-state index is 0.262. The van der Waals surface area contributed by atoms with E-state index < -0.39 is 0 Å². The van der Waals surface area contributed by atoms with Crippen molar-refractivity contribution < 1.29 is 19.0 Å². The van der Waals surface area contributed by atoms with E-state index in [-0.39, 0.29) is 5.91 Å². The molecular formula is C23H20N4O4. The lowest BCUT2D eigenvalue weighted by Crippen LogP contribution is -2.12. The maximum Gasteiger partial charge on any atom is 0.255 e. The zero-order valence-corrected chi connectivity index (χ0v) is 17.0. The predicted molar refractivity (Wildman–Crippen MR) is 115 cm³/mol. The van der Waals surface area contributed by atoms with E-state index in [0.29, 0.717) is 40.2 Å². The van der Waals surface area contributed by atoms with Gasteiger partial charge < -0.3 is 24.1 Å². The van der Waals surface area contributed by atoms with E-state index in [4.69, 9.17) is 14.2 Å². The Kier molecular flexibility index (Phi) is 5.79. The molecule has 0 aliphatic carbocycles. The quantitative estimate of drug-likeness (QED) is 0.483. The summed E-state index contributed by atoms with van der Waals surface area (Å²) in [5.41, 5.74) is 1.08. The van der Waals surface area contributed by atoms with Crippen LogP contribution >= 0.6 is 0 Å². The second-order valence-electron chi connectivity index (χ2n) is 6.46. The topological polar surface area (TPSA) is 87.5 Å². The fourth-order valence-corrected chi connectivity index (χ4v) is 2.92. The number of anilines is 1. The average molecular weight is 416 g/mol. The van der Waals surface area contributed by atoms with E-state index in [0.717, 1.165) is 0 Å². The molecule has 2 aromatic carbocycles. The normalized spacial score (nSPS) is 10.4. The van der Waals surface area contributed by atoms with Gasteiger partial charge >= 0.3 is 0 Å². The van der Waals surface area contributed by atoms with Crippen molar-refractivity contribution in [2.75, 3.05) is 19.5 Å². The second kappa shape index (κ2) is 9.00. The Labute approximate surface area is 179 Å². The molecule has 1 N–H and O–H groups in total. The highest BCUT2D eigenvalue weighted by Gasteiger charge is 2.11. The summed E-state index contributed by atoms with van der Waals surface area (Å²) >= 11 is 0. The first-order valence-corrected chi connectivity index (χ1v) is 9.43. The van der Waals surface area contributed by atoms with Crippen LogP contribution in [0.5, 0.6) is 23.1 Å². The molecule has 0 saturated heterocycles. The monoisotopic (exact) mass is 416 g/mol. The van der Waals surface area contributed by atoms with Crippen LogP contribution in [-0.2, 0) is 0 Å². The maximum absolute atomic E-state index is 12.5. The fraction of sp³-hybridized carbons (Fsp3) is 0.0870. The van der Waals surface area contributed by atoms with Crippen LogP contribution in [0, 0.1) is 0 Å². The zero-order valence-electron chi connectivity index (χ0n) is 17.0. The van der Waals surface area contributed by atoms with Crippen molar-refractivity contribution in [3.63, 3.8) is 0 Å². The number of carbonyl (C=O) groups is 1. The summed E-state index contributed by atoms with van der Waals surface area (Å²) in [7, 11) is 3.07. The van der Waals surface area contributed by atoms with Crippen LogP contribution in [0.25, 0.3) is 5.82 Å². The largest absolute Gasteiger partial charge is 0.493 e. The van der Waals surface area contributed by atoms with Crippen molar-refractivity contribution in [1.29, 1.82) is 0 Å². The van der Waals surface area contributed by atoms with Gasteiger partial charge in [-0.15, -0.1) is 0 Å². The van der Waals surface area contributed by atoms with E-state index in [2.05, 4.69) is 15.3 Å². The molecule has 0 bridgehead atoms. The summed E-state index contributed by atoms with van der Waals surface area (Å²) < 4.78 is 18.1. The number of benzene rings is 2.